The highest BCUT2D eigenvalue weighted by atomic mass is 16.5. The lowest BCUT2D eigenvalue weighted by molar-refractivity contribution is -0.147. The molecule has 0 radical (unpaired) electrons. The van der Waals surface area contributed by atoms with Gasteiger partial charge in [0.2, 0.25) is 0 Å². The third-order valence-corrected chi connectivity index (χ3v) is 7.80. The van der Waals surface area contributed by atoms with Gasteiger partial charge in [-0.3, -0.25) is 0 Å². The SMILES string of the molecule is C=C1/C(=C\C=C2/CCC[C@]3(C)[C@@H]([C@H](C)OC(=O)/C=C/C(C)(C)O)CC[C@@H]23)C[C@@H](O)C[C@@H]1O. The highest BCUT2D eigenvalue weighted by molar-refractivity contribution is 5.82. The molecule has 0 amide bonds. The van der Waals surface area contributed by atoms with Gasteiger partial charge in [-0.15, -0.1) is 0 Å². The number of ether oxygens (including phenoxy) is 1. The number of carbonyl (C=O) groups is 1. The number of fused-ring (bicyclic) bond motifs is 1. The van der Waals surface area contributed by atoms with Crippen molar-refractivity contribution in [2.24, 2.45) is 17.3 Å². The lowest BCUT2D eigenvalue weighted by atomic mass is 9.62. The van der Waals surface area contributed by atoms with Crippen LogP contribution in [0.3, 0.4) is 0 Å². The van der Waals surface area contributed by atoms with Crippen LogP contribution >= 0.6 is 0 Å². The Kier molecular flexibility index (Phi) is 7.53. The second-order valence-electron chi connectivity index (χ2n) is 10.8. The zero-order chi connectivity index (χ0) is 23.7. The van der Waals surface area contributed by atoms with E-state index in [-0.39, 0.29) is 17.4 Å². The summed E-state index contributed by atoms with van der Waals surface area (Å²) in [5, 5.41) is 29.9. The molecule has 3 aliphatic rings. The van der Waals surface area contributed by atoms with Gasteiger partial charge in [0.15, 0.2) is 0 Å². The molecular weight excluding hydrogens is 404 g/mol. The van der Waals surface area contributed by atoms with Gasteiger partial charge in [0.05, 0.1) is 17.8 Å². The van der Waals surface area contributed by atoms with Gasteiger partial charge < -0.3 is 20.1 Å². The normalized spacial score (nSPS) is 37.2. The smallest absolute Gasteiger partial charge is 0.330 e. The van der Waals surface area contributed by atoms with Gasteiger partial charge in [-0.25, -0.2) is 4.79 Å². The first-order valence-electron chi connectivity index (χ1n) is 12.0. The Morgan fingerprint density at radius 2 is 2.00 bits per heavy atom. The molecule has 3 rings (SSSR count). The van der Waals surface area contributed by atoms with E-state index in [9.17, 15) is 20.1 Å². The molecule has 0 spiro atoms. The van der Waals surface area contributed by atoms with Gasteiger partial charge in [-0.1, -0.05) is 31.2 Å². The Balaban J connectivity index is 1.72. The average Bonchev–Trinajstić information content (AvgIpc) is 3.05. The number of rotatable bonds is 5. The number of carbonyl (C=O) groups excluding carboxylic acids is 1. The molecule has 0 heterocycles. The van der Waals surface area contributed by atoms with Gasteiger partial charge in [0.1, 0.15) is 6.10 Å². The van der Waals surface area contributed by atoms with E-state index in [0.717, 1.165) is 43.3 Å². The fourth-order valence-corrected chi connectivity index (χ4v) is 6.09. The van der Waals surface area contributed by atoms with Crippen molar-refractivity contribution in [1.29, 1.82) is 0 Å². The second kappa shape index (κ2) is 9.66. The maximum Gasteiger partial charge on any atom is 0.330 e. The van der Waals surface area contributed by atoms with Crippen molar-refractivity contribution in [3.05, 3.63) is 47.6 Å². The molecule has 3 N–H and O–H groups in total. The van der Waals surface area contributed by atoms with Crippen molar-refractivity contribution in [2.75, 3.05) is 0 Å². The van der Waals surface area contributed by atoms with E-state index in [2.05, 4.69) is 19.6 Å². The topological polar surface area (TPSA) is 87.0 Å². The van der Waals surface area contributed by atoms with Gasteiger partial charge in [0, 0.05) is 18.4 Å². The van der Waals surface area contributed by atoms with Crippen LogP contribution in [-0.4, -0.2) is 45.2 Å². The highest BCUT2D eigenvalue weighted by Crippen LogP contribution is 2.58. The van der Waals surface area contributed by atoms with Crippen LogP contribution in [0, 0.1) is 17.3 Å². The summed E-state index contributed by atoms with van der Waals surface area (Å²) in [6.45, 7) is 11.6. The van der Waals surface area contributed by atoms with Crippen LogP contribution in [-0.2, 0) is 9.53 Å². The van der Waals surface area contributed by atoms with Crippen molar-refractivity contribution in [3.63, 3.8) is 0 Å². The number of allylic oxidation sites excluding steroid dienone is 3. The Hall–Kier alpha value is -1.69. The molecule has 0 aromatic heterocycles. The molecule has 0 saturated heterocycles. The van der Waals surface area contributed by atoms with E-state index < -0.39 is 23.8 Å². The van der Waals surface area contributed by atoms with E-state index in [1.165, 1.54) is 17.7 Å². The Morgan fingerprint density at radius 3 is 2.69 bits per heavy atom. The van der Waals surface area contributed by atoms with E-state index in [0.29, 0.717) is 18.8 Å². The van der Waals surface area contributed by atoms with Crippen molar-refractivity contribution in [2.45, 2.75) is 96.6 Å². The monoisotopic (exact) mass is 444 g/mol. The fraction of sp³-hybridized carbons (Fsp3) is 0.667. The van der Waals surface area contributed by atoms with Crippen LogP contribution in [0.1, 0.15) is 72.6 Å². The molecule has 6 atom stereocenters. The largest absolute Gasteiger partial charge is 0.459 e. The summed E-state index contributed by atoms with van der Waals surface area (Å²) in [5.74, 6) is 0.324. The molecule has 0 aliphatic heterocycles. The highest BCUT2D eigenvalue weighted by Gasteiger charge is 2.51. The van der Waals surface area contributed by atoms with Gasteiger partial charge in [0.25, 0.3) is 0 Å². The zero-order valence-corrected chi connectivity index (χ0v) is 20.0. The van der Waals surface area contributed by atoms with Gasteiger partial charge in [-0.2, -0.15) is 0 Å². The van der Waals surface area contributed by atoms with Crippen LogP contribution in [0.4, 0.5) is 0 Å². The molecule has 3 aliphatic carbocycles. The lowest BCUT2D eigenvalue weighted by Crippen LogP contribution is -2.39. The molecule has 0 unspecified atom stereocenters. The van der Waals surface area contributed by atoms with E-state index >= 15 is 0 Å². The third-order valence-electron chi connectivity index (χ3n) is 7.80. The summed E-state index contributed by atoms with van der Waals surface area (Å²) in [4.78, 5) is 12.3. The van der Waals surface area contributed by atoms with Crippen LogP contribution in [0.25, 0.3) is 0 Å². The van der Waals surface area contributed by atoms with E-state index in [1.807, 2.05) is 13.0 Å². The van der Waals surface area contributed by atoms with Crippen LogP contribution in [0.2, 0.25) is 0 Å². The summed E-state index contributed by atoms with van der Waals surface area (Å²) < 4.78 is 5.74. The minimum absolute atomic E-state index is 0.0743. The number of hydrogen-bond donors (Lipinski definition) is 3. The maximum atomic E-state index is 12.3. The minimum atomic E-state index is -1.04. The summed E-state index contributed by atoms with van der Waals surface area (Å²) in [7, 11) is 0. The maximum absolute atomic E-state index is 12.3. The zero-order valence-electron chi connectivity index (χ0n) is 20.0. The van der Waals surface area contributed by atoms with Crippen LogP contribution in [0.5, 0.6) is 0 Å². The standard InChI is InChI=1S/C27H40O5/c1-17-20(15-21(28)16-24(17)29)9-8-19-7-6-13-27(5)22(10-11-23(19)27)18(2)32-25(30)12-14-26(3,4)31/h8-9,12,14,18,21-24,28-29,31H,1,6-7,10-11,13,15-16H2,2-5H3/b14-12+,19-8+,20-9-/t18-,21+,22+,23-,24-,27+/m0/s1. The number of hydrogen-bond acceptors (Lipinski definition) is 5. The first-order chi connectivity index (χ1) is 14.9. The predicted octanol–water partition coefficient (Wildman–Crippen LogP) is 4.39. The summed E-state index contributed by atoms with van der Waals surface area (Å²) >= 11 is 0. The molecule has 32 heavy (non-hydrogen) atoms. The molecule has 0 aromatic carbocycles. The van der Waals surface area contributed by atoms with Gasteiger partial charge >= 0.3 is 5.97 Å². The second-order valence-corrected chi connectivity index (χ2v) is 10.8. The first kappa shape index (κ1) is 24.9. The summed E-state index contributed by atoms with van der Waals surface area (Å²) in [6, 6.07) is 0. The molecule has 0 aromatic rings. The Labute approximate surface area is 192 Å². The van der Waals surface area contributed by atoms with Crippen molar-refractivity contribution in [3.8, 4) is 0 Å². The first-order valence-corrected chi connectivity index (χ1v) is 12.0. The van der Waals surface area contributed by atoms with Crippen molar-refractivity contribution >= 4 is 5.97 Å². The van der Waals surface area contributed by atoms with Gasteiger partial charge in [-0.05, 0) is 87.9 Å². The quantitative estimate of drug-likeness (QED) is 0.433. The Morgan fingerprint density at radius 1 is 1.28 bits per heavy atom. The molecule has 178 valence electrons. The molecule has 0 bridgehead atoms. The van der Waals surface area contributed by atoms with E-state index in [4.69, 9.17) is 4.74 Å². The summed E-state index contributed by atoms with van der Waals surface area (Å²) in [6.07, 6.45) is 11.9. The third kappa shape index (κ3) is 5.62. The number of aliphatic hydroxyl groups excluding tert-OH is 2. The van der Waals surface area contributed by atoms with Crippen molar-refractivity contribution in [1.82, 2.24) is 0 Å². The average molecular weight is 445 g/mol. The molecular formula is C27H40O5. The van der Waals surface area contributed by atoms with Crippen LogP contribution < -0.4 is 0 Å². The lowest BCUT2D eigenvalue weighted by Gasteiger charge is -2.43. The Bertz CT molecular complexity index is 814. The van der Waals surface area contributed by atoms with Crippen LogP contribution in [0.15, 0.2) is 47.6 Å². The summed E-state index contributed by atoms with van der Waals surface area (Å²) in [5.41, 5.74) is 2.10. The number of aliphatic hydroxyl groups is 3. The van der Waals surface area contributed by atoms with E-state index in [1.54, 1.807) is 13.8 Å². The minimum Gasteiger partial charge on any atom is -0.459 e. The molecule has 5 nitrogen and oxygen atoms in total. The number of esters is 1. The fourth-order valence-electron chi connectivity index (χ4n) is 6.09. The molecule has 5 heteroatoms. The molecule has 3 fully saturated rings. The molecule has 3 saturated carbocycles. The predicted molar refractivity (Wildman–Crippen MR) is 126 cm³/mol. The van der Waals surface area contributed by atoms with Crippen molar-refractivity contribution < 1.29 is 24.9 Å².